The highest BCUT2D eigenvalue weighted by molar-refractivity contribution is 7.88. The van der Waals surface area contributed by atoms with Crippen LogP contribution in [0.5, 0.6) is 0 Å². The van der Waals surface area contributed by atoms with Gasteiger partial charge in [-0.15, -0.1) is 0 Å². The minimum Gasteiger partial charge on any atom is -0.303 e. The van der Waals surface area contributed by atoms with Crippen molar-refractivity contribution in [3.05, 3.63) is 0 Å². The third-order valence-electron chi connectivity index (χ3n) is 3.05. The molecular formula is C11H24N2O2S. The van der Waals surface area contributed by atoms with Crippen molar-refractivity contribution in [1.29, 1.82) is 0 Å². The molecule has 1 heterocycles. The Morgan fingerprint density at radius 2 is 1.88 bits per heavy atom. The van der Waals surface area contributed by atoms with Crippen LogP contribution in [0.3, 0.4) is 0 Å². The summed E-state index contributed by atoms with van der Waals surface area (Å²) in [6.07, 6.45) is 6.94. The lowest BCUT2D eigenvalue weighted by atomic mass is 10.1. The van der Waals surface area contributed by atoms with Crippen molar-refractivity contribution >= 4 is 10.0 Å². The highest BCUT2D eigenvalue weighted by Crippen LogP contribution is 2.12. The van der Waals surface area contributed by atoms with Crippen LogP contribution in [-0.4, -0.2) is 45.2 Å². The lowest BCUT2D eigenvalue weighted by Gasteiger charge is -2.31. The highest BCUT2D eigenvalue weighted by atomic mass is 32.2. The van der Waals surface area contributed by atoms with Gasteiger partial charge in [0.15, 0.2) is 0 Å². The smallest absolute Gasteiger partial charge is 0.208 e. The molecular weight excluding hydrogens is 224 g/mol. The fourth-order valence-corrected chi connectivity index (χ4v) is 3.00. The SMILES string of the molecule is CCCCCN1CCC(NS(C)(=O)=O)CC1. The van der Waals surface area contributed by atoms with E-state index in [1.807, 2.05) is 0 Å². The van der Waals surface area contributed by atoms with Crippen LogP contribution in [-0.2, 0) is 10.0 Å². The lowest BCUT2D eigenvalue weighted by Crippen LogP contribution is -2.44. The number of nitrogens with zero attached hydrogens (tertiary/aromatic N) is 1. The zero-order valence-electron chi connectivity index (χ0n) is 10.4. The van der Waals surface area contributed by atoms with Crippen molar-refractivity contribution in [1.82, 2.24) is 9.62 Å². The van der Waals surface area contributed by atoms with Crippen molar-refractivity contribution < 1.29 is 8.42 Å². The Balaban J connectivity index is 2.18. The molecule has 1 aliphatic heterocycles. The molecule has 1 fully saturated rings. The van der Waals surface area contributed by atoms with E-state index in [0.29, 0.717) is 0 Å². The Morgan fingerprint density at radius 3 is 2.38 bits per heavy atom. The number of rotatable bonds is 6. The van der Waals surface area contributed by atoms with E-state index >= 15 is 0 Å². The van der Waals surface area contributed by atoms with E-state index in [1.165, 1.54) is 32.1 Å². The van der Waals surface area contributed by atoms with Gasteiger partial charge in [0.1, 0.15) is 0 Å². The van der Waals surface area contributed by atoms with Crippen LogP contribution in [0.15, 0.2) is 0 Å². The van der Waals surface area contributed by atoms with Crippen LogP contribution in [0.2, 0.25) is 0 Å². The van der Waals surface area contributed by atoms with Gasteiger partial charge in [0.25, 0.3) is 0 Å². The molecule has 0 atom stereocenters. The van der Waals surface area contributed by atoms with Gasteiger partial charge in [0.05, 0.1) is 6.26 Å². The summed E-state index contributed by atoms with van der Waals surface area (Å²) >= 11 is 0. The first-order valence-corrected chi connectivity index (χ1v) is 8.10. The molecule has 0 spiro atoms. The first-order chi connectivity index (χ1) is 7.51. The van der Waals surface area contributed by atoms with E-state index < -0.39 is 10.0 Å². The maximum atomic E-state index is 11.1. The Bertz CT molecular complexity index is 282. The van der Waals surface area contributed by atoms with Crippen molar-refractivity contribution in [3.8, 4) is 0 Å². The Morgan fingerprint density at radius 1 is 1.25 bits per heavy atom. The number of hydrogen-bond acceptors (Lipinski definition) is 3. The second kappa shape index (κ2) is 6.57. The van der Waals surface area contributed by atoms with Crippen molar-refractivity contribution in [2.45, 2.75) is 45.1 Å². The molecule has 1 rings (SSSR count). The normalized spacial score (nSPS) is 20.1. The van der Waals surface area contributed by atoms with Crippen molar-refractivity contribution in [3.63, 3.8) is 0 Å². The van der Waals surface area contributed by atoms with E-state index in [-0.39, 0.29) is 6.04 Å². The van der Waals surface area contributed by atoms with Gasteiger partial charge in [-0.2, -0.15) is 0 Å². The van der Waals surface area contributed by atoms with E-state index in [2.05, 4.69) is 16.5 Å². The number of unbranched alkanes of at least 4 members (excludes halogenated alkanes) is 2. The molecule has 5 heteroatoms. The van der Waals surface area contributed by atoms with Crippen LogP contribution in [0.1, 0.15) is 39.0 Å². The summed E-state index contributed by atoms with van der Waals surface area (Å²) in [6.45, 7) is 5.43. The zero-order valence-corrected chi connectivity index (χ0v) is 11.2. The number of nitrogens with one attached hydrogen (secondary N) is 1. The van der Waals surface area contributed by atoms with Crippen LogP contribution in [0.4, 0.5) is 0 Å². The molecule has 1 aliphatic rings. The Hall–Kier alpha value is -0.130. The molecule has 1 saturated heterocycles. The summed E-state index contributed by atoms with van der Waals surface area (Å²) in [5, 5.41) is 0. The summed E-state index contributed by atoms with van der Waals surface area (Å²) < 4.78 is 24.8. The zero-order chi connectivity index (χ0) is 12.0. The molecule has 0 aromatic heterocycles. The van der Waals surface area contributed by atoms with Crippen LogP contribution >= 0.6 is 0 Å². The molecule has 0 bridgehead atoms. The summed E-state index contributed by atoms with van der Waals surface area (Å²) in [5.41, 5.74) is 0. The van der Waals surface area contributed by atoms with Gasteiger partial charge in [-0.1, -0.05) is 19.8 Å². The summed E-state index contributed by atoms with van der Waals surface area (Å²) in [6, 6.07) is 0.150. The van der Waals surface area contributed by atoms with Gasteiger partial charge < -0.3 is 4.90 Å². The summed E-state index contributed by atoms with van der Waals surface area (Å²) in [7, 11) is -3.03. The monoisotopic (exact) mass is 248 g/mol. The average molecular weight is 248 g/mol. The molecule has 96 valence electrons. The minimum atomic E-state index is -3.03. The van der Waals surface area contributed by atoms with E-state index in [9.17, 15) is 8.42 Å². The van der Waals surface area contributed by atoms with Gasteiger partial charge in [-0.3, -0.25) is 0 Å². The molecule has 1 N–H and O–H groups in total. The molecule has 0 amide bonds. The molecule has 4 nitrogen and oxygen atoms in total. The van der Waals surface area contributed by atoms with Crippen molar-refractivity contribution in [2.24, 2.45) is 0 Å². The molecule has 0 unspecified atom stereocenters. The van der Waals surface area contributed by atoms with Crippen LogP contribution in [0.25, 0.3) is 0 Å². The maximum Gasteiger partial charge on any atom is 0.208 e. The van der Waals surface area contributed by atoms with Crippen LogP contribution < -0.4 is 4.72 Å². The number of piperidine rings is 1. The molecule has 16 heavy (non-hydrogen) atoms. The second-order valence-electron chi connectivity index (χ2n) is 4.71. The topological polar surface area (TPSA) is 49.4 Å². The third kappa shape index (κ3) is 5.82. The molecule has 0 aromatic rings. The third-order valence-corrected chi connectivity index (χ3v) is 3.81. The average Bonchev–Trinajstić information content (AvgIpc) is 2.19. The Labute approximate surface area is 99.5 Å². The number of likely N-dealkylation sites (tertiary alicyclic amines) is 1. The lowest BCUT2D eigenvalue weighted by molar-refractivity contribution is 0.204. The van der Waals surface area contributed by atoms with E-state index in [0.717, 1.165) is 25.9 Å². The number of sulfonamides is 1. The van der Waals surface area contributed by atoms with Gasteiger partial charge in [0.2, 0.25) is 10.0 Å². The van der Waals surface area contributed by atoms with Crippen LogP contribution in [0, 0.1) is 0 Å². The van der Waals surface area contributed by atoms with Gasteiger partial charge >= 0.3 is 0 Å². The second-order valence-corrected chi connectivity index (χ2v) is 6.49. The summed E-state index contributed by atoms with van der Waals surface area (Å²) in [5.74, 6) is 0. The van der Waals surface area contributed by atoms with E-state index in [1.54, 1.807) is 0 Å². The molecule has 0 aromatic carbocycles. The van der Waals surface area contributed by atoms with Gasteiger partial charge in [0, 0.05) is 6.04 Å². The van der Waals surface area contributed by atoms with Gasteiger partial charge in [-0.25, -0.2) is 13.1 Å². The predicted octanol–water partition coefficient (Wildman–Crippen LogP) is 1.19. The first kappa shape index (κ1) is 13.9. The predicted molar refractivity (Wildman–Crippen MR) is 67.0 cm³/mol. The molecule has 0 radical (unpaired) electrons. The number of hydrogen-bond donors (Lipinski definition) is 1. The first-order valence-electron chi connectivity index (χ1n) is 6.21. The minimum absolute atomic E-state index is 0.150. The maximum absolute atomic E-state index is 11.1. The fourth-order valence-electron chi connectivity index (χ4n) is 2.16. The quantitative estimate of drug-likeness (QED) is 0.718. The largest absolute Gasteiger partial charge is 0.303 e. The van der Waals surface area contributed by atoms with E-state index in [4.69, 9.17) is 0 Å². The van der Waals surface area contributed by atoms with Crippen molar-refractivity contribution in [2.75, 3.05) is 25.9 Å². The highest BCUT2D eigenvalue weighted by Gasteiger charge is 2.20. The fraction of sp³-hybridized carbons (Fsp3) is 1.00. The standard InChI is InChI=1S/C11H24N2O2S/c1-3-4-5-8-13-9-6-11(7-10-13)12-16(2,14)15/h11-12H,3-10H2,1-2H3. The summed E-state index contributed by atoms with van der Waals surface area (Å²) in [4.78, 5) is 2.44. The van der Waals surface area contributed by atoms with Gasteiger partial charge in [-0.05, 0) is 38.9 Å². The Kier molecular flexibility index (Phi) is 5.72. The molecule has 0 saturated carbocycles. The molecule has 0 aliphatic carbocycles.